The summed E-state index contributed by atoms with van der Waals surface area (Å²) in [6.45, 7) is 1.98. The first-order valence-corrected chi connectivity index (χ1v) is 11.8. The van der Waals surface area contributed by atoms with E-state index in [-0.39, 0.29) is 23.8 Å². The molecular weight excluding hydrogens is 444 g/mol. The van der Waals surface area contributed by atoms with Gasteiger partial charge in [-0.25, -0.2) is 0 Å². The molecule has 0 saturated carbocycles. The van der Waals surface area contributed by atoms with Gasteiger partial charge in [0, 0.05) is 16.4 Å². The summed E-state index contributed by atoms with van der Waals surface area (Å²) in [6.07, 6.45) is 0.910. The summed E-state index contributed by atoms with van der Waals surface area (Å²) in [7, 11) is 0. The molecule has 1 aliphatic heterocycles. The van der Waals surface area contributed by atoms with E-state index in [2.05, 4.69) is 24.4 Å². The lowest BCUT2D eigenvalue weighted by atomic mass is 10.1. The molecule has 4 rings (SSSR count). The second-order valence-electron chi connectivity index (χ2n) is 7.37. The van der Waals surface area contributed by atoms with Crippen molar-refractivity contribution in [2.24, 2.45) is 0 Å². The average Bonchev–Trinajstić information content (AvgIpc) is 3.20. The van der Waals surface area contributed by atoms with Crippen molar-refractivity contribution in [2.75, 3.05) is 22.6 Å². The topological polar surface area (TPSA) is 58.6 Å². The molecule has 3 aromatic carbocycles. The van der Waals surface area contributed by atoms with Crippen LogP contribution in [0, 0.1) is 0 Å². The standard InChI is InChI=1S/C25H23ClN2O3S/c1-2-17-5-3-8-21(13-17)28-24(30)16-32-25(28)18-6-4-7-20(14-18)27-23(29)15-31-22-11-9-19(26)10-12-22/h3-14,25H,2,15-16H2,1H3,(H,27,29). The third-order valence-corrected chi connectivity index (χ3v) is 6.57. The number of halogens is 1. The highest BCUT2D eigenvalue weighted by Crippen LogP contribution is 2.42. The molecule has 1 atom stereocenters. The molecule has 32 heavy (non-hydrogen) atoms. The Morgan fingerprint density at radius 2 is 1.91 bits per heavy atom. The van der Waals surface area contributed by atoms with E-state index in [1.165, 1.54) is 5.56 Å². The molecule has 7 heteroatoms. The Bertz CT molecular complexity index is 1120. The fraction of sp³-hybridized carbons (Fsp3) is 0.200. The molecule has 5 nitrogen and oxygen atoms in total. The van der Waals surface area contributed by atoms with E-state index >= 15 is 0 Å². The van der Waals surface area contributed by atoms with E-state index in [0.717, 1.165) is 17.7 Å². The highest BCUT2D eigenvalue weighted by Gasteiger charge is 2.34. The van der Waals surface area contributed by atoms with E-state index in [1.807, 2.05) is 41.3 Å². The van der Waals surface area contributed by atoms with Gasteiger partial charge in [-0.3, -0.25) is 14.5 Å². The fourth-order valence-electron chi connectivity index (χ4n) is 3.52. The van der Waals surface area contributed by atoms with Crippen LogP contribution in [-0.4, -0.2) is 24.2 Å². The highest BCUT2D eigenvalue weighted by atomic mass is 35.5. The maximum Gasteiger partial charge on any atom is 0.262 e. The molecule has 1 unspecified atom stereocenters. The number of carbonyl (C=O) groups is 2. The van der Waals surface area contributed by atoms with Gasteiger partial charge in [-0.1, -0.05) is 42.8 Å². The van der Waals surface area contributed by atoms with Crippen molar-refractivity contribution < 1.29 is 14.3 Å². The van der Waals surface area contributed by atoms with Crippen LogP contribution in [0.4, 0.5) is 11.4 Å². The Morgan fingerprint density at radius 1 is 1.12 bits per heavy atom. The molecule has 164 valence electrons. The number of thioether (sulfide) groups is 1. The molecule has 0 spiro atoms. The van der Waals surface area contributed by atoms with Crippen molar-refractivity contribution in [2.45, 2.75) is 18.7 Å². The first kappa shape index (κ1) is 22.2. The van der Waals surface area contributed by atoms with Gasteiger partial charge in [0.15, 0.2) is 6.61 Å². The predicted octanol–water partition coefficient (Wildman–Crippen LogP) is 5.70. The van der Waals surface area contributed by atoms with Crippen molar-refractivity contribution in [3.63, 3.8) is 0 Å². The second kappa shape index (κ2) is 10.1. The smallest absolute Gasteiger partial charge is 0.262 e. The SMILES string of the molecule is CCc1cccc(N2C(=O)CSC2c2cccc(NC(=O)COc3ccc(Cl)cc3)c2)c1. The summed E-state index contributed by atoms with van der Waals surface area (Å²) in [6, 6.07) is 22.5. The van der Waals surface area contributed by atoms with E-state index in [9.17, 15) is 9.59 Å². The Morgan fingerprint density at radius 3 is 2.69 bits per heavy atom. The second-order valence-corrected chi connectivity index (χ2v) is 8.87. The lowest BCUT2D eigenvalue weighted by molar-refractivity contribution is -0.118. The Hall–Kier alpha value is -2.96. The maximum absolute atomic E-state index is 12.7. The van der Waals surface area contributed by atoms with Crippen LogP contribution in [0.5, 0.6) is 5.75 Å². The van der Waals surface area contributed by atoms with Crippen LogP contribution in [0.2, 0.25) is 5.02 Å². The minimum absolute atomic E-state index is 0.0825. The first-order chi connectivity index (χ1) is 15.5. The highest BCUT2D eigenvalue weighted by molar-refractivity contribution is 8.00. The minimum Gasteiger partial charge on any atom is -0.484 e. The number of ether oxygens (including phenoxy) is 1. The zero-order valence-electron chi connectivity index (χ0n) is 17.6. The molecule has 0 bridgehead atoms. The monoisotopic (exact) mass is 466 g/mol. The number of aryl methyl sites for hydroxylation is 1. The van der Waals surface area contributed by atoms with Crippen LogP contribution in [0.25, 0.3) is 0 Å². The minimum atomic E-state index is -0.264. The third-order valence-electron chi connectivity index (χ3n) is 5.10. The van der Waals surface area contributed by atoms with E-state index in [0.29, 0.717) is 22.2 Å². The van der Waals surface area contributed by atoms with Crippen LogP contribution < -0.4 is 15.0 Å². The molecule has 2 amide bonds. The van der Waals surface area contributed by atoms with Crippen LogP contribution in [0.15, 0.2) is 72.8 Å². The predicted molar refractivity (Wildman–Crippen MR) is 131 cm³/mol. The number of anilines is 2. The quantitative estimate of drug-likeness (QED) is 0.485. The van der Waals surface area contributed by atoms with Gasteiger partial charge in [-0.15, -0.1) is 11.8 Å². The van der Waals surface area contributed by atoms with Crippen molar-refractivity contribution in [3.8, 4) is 5.75 Å². The summed E-state index contributed by atoms with van der Waals surface area (Å²) in [4.78, 5) is 26.9. The molecule has 0 radical (unpaired) electrons. The molecule has 1 fully saturated rings. The van der Waals surface area contributed by atoms with Crippen LogP contribution in [0.1, 0.15) is 23.4 Å². The Labute approximate surface area is 196 Å². The van der Waals surface area contributed by atoms with E-state index in [1.54, 1.807) is 36.0 Å². The number of carbonyl (C=O) groups excluding carboxylic acids is 2. The van der Waals surface area contributed by atoms with Gasteiger partial charge in [0.2, 0.25) is 5.91 Å². The number of nitrogens with zero attached hydrogens (tertiary/aromatic N) is 1. The molecule has 1 N–H and O–H groups in total. The number of rotatable bonds is 7. The van der Waals surface area contributed by atoms with Crippen molar-refractivity contribution in [1.29, 1.82) is 0 Å². The van der Waals surface area contributed by atoms with Gasteiger partial charge >= 0.3 is 0 Å². The Kier molecular flexibility index (Phi) is 7.02. The van der Waals surface area contributed by atoms with Gasteiger partial charge in [-0.2, -0.15) is 0 Å². The largest absolute Gasteiger partial charge is 0.484 e. The van der Waals surface area contributed by atoms with Gasteiger partial charge in [0.1, 0.15) is 11.1 Å². The zero-order chi connectivity index (χ0) is 22.5. The van der Waals surface area contributed by atoms with Crippen molar-refractivity contribution in [1.82, 2.24) is 0 Å². The van der Waals surface area contributed by atoms with Crippen molar-refractivity contribution in [3.05, 3.63) is 88.9 Å². The molecule has 1 saturated heterocycles. The molecule has 0 aromatic heterocycles. The number of nitrogens with one attached hydrogen (secondary N) is 1. The Balaban J connectivity index is 1.46. The number of amides is 2. The molecular formula is C25H23ClN2O3S. The summed E-state index contributed by atoms with van der Waals surface area (Å²) in [5.74, 6) is 0.815. The normalized spacial score (nSPS) is 15.6. The van der Waals surface area contributed by atoms with Crippen LogP contribution in [-0.2, 0) is 16.0 Å². The number of hydrogen-bond donors (Lipinski definition) is 1. The molecule has 1 aliphatic rings. The lowest BCUT2D eigenvalue weighted by Crippen LogP contribution is -2.28. The summed E-state index contributed by atoms with van der Waals surface area (Å²) < 4.78 is 5.51. The van der Waals surface area contributed by atoms with Crippen LogP contribution in [0.3, 0.4) is 0 Å². The van der Waals surface area contributed by atoms with E-state index < -0.39 is 0 Å². The number of hydrogen-bond acceptors (Lipinski definition) is 4. The first-order valence-electron chi connectivity index (χ1n) is 10.3. The maximum atomic E-state index is 12.7. The van der Waals surface area contributed by atoms with Gasteiger partial charge in [-0.05, 0) is 66.1 Å². The third kappa shape index (κ3) is 5.26. The zero-order valence-corrected chi connectivity index (χ0v) is 19.2. The van der Waals surface area contributed by atoms with E-state index in [4.69, 9.17) is 16.3 Å². The summed E-state index contributed by atoms with van der Waals surface area (Å²) in [5, 5.41) is 3.34. The lowest BCUT2D eigenvalue weighted by Gasteiger charge is -2.25. The van der Waals surface area contributed by atoms with Gasteiger partial charge < -0.3 is 10.1 Å². The fourth-order valence-corrected chi connectivity index (χ4v) is 4.82. The van der Waals surface area contributed by atoms with Crippen molar-refractivity contribution >= 4 is 46.6 Å². The molecule has 3 aromatic rings. The average molecular weight is 467 g/mol. The van der Waals surface area contributed by atoms with Gasteiger partial charge in [0.25, 0.3) is 5.91 Å². The number of benzene rings is 3. The molecule has 1 heterocycles. The summed E-state index contributed by atoms with van der Waals surface area (Å²) >= 11 is 7.45. The molecule has 0 aliphatic carbocycles. The van der Waals surface area contributed by atoms with Crippen LogP contribution >= 0.6 is 23.4 Å². The van der Waals surface area contributed by atoms with Gasteiger partial charge in [0.05, 0.1) is 5.75 Å². The summed E-state index contributed by atoms with van der Waals surface area (Å²) in [5.41, 5.74) is 3.70.